The van der Waals surface area contributed by atoms with Crippen LogP contribution in [-0.4, -0.2) is 29.6 Å². The maximum Gasteiger partial charge on any atom is 0.488 e. The van der Waals surface area contributed by atoms with Crippen LogP contribution in [-0.2, 0) is 0 Å². The van der Waals surface area contributed by atoms with Crippen molar-refractivity contribution in [1.29, 1.82) is 0 Å². The van der Waals surface area contributed by atoms with E-state index in [1.165, 1.54) is 63.5 Å². The molecule has 4 nitrogen and oxygen atoms in total. The number of amides is 1. The largest absolute Gasteiger partial charge is 0.488 e. The molecule has 0 atom stereocenters. The Morgan fingerprint density at radius 3 is 2.08 bits per heavy atom. The number of rotatable bonds is 13. The minimum absolute atomic E-state index is 0.0312. The number of halogens is 1. The zero-order valence-corrected chi connectivity index (χ0v) is 15.3. The van der Waals surface area contributed by atoms with Crippen LogP contribution < -0.4 is 10.8 Å². The third-order valence-electron chi connectivity index (χ3n) is 4.35. The number of hydrogen-bond acceptors (Lipinski definition) is 3. The molecule has 140 valence electrons. The highest BCUT2D eigenvalue weighted by molar-refractivity contribution is 6.58. The molecule has 0 saturated heterocycles. The zero-order valence-electron chi connectivity index (χ0n) is 15.3. The Kier molecular flexibility index (Phi) is 11.2. The summed E-state index contributed by atoms with van der Waals surface area (Å²) >= 11 is 0. The Morgan fingerprint density at radius 2 is 1.56 bits per heavy atom. The number of hydrogen-bond donors (Lipinski definition) is 3. The van der Waals surface area contributed by atoms with Gasteiger partial charge in [-0.3, -0.25) is 4.79 Å². The fourth-order valence-corrected chi connectivity index (χ4v) is 2.79. The zero-order chi connectivity index (χ0) is 18.5. The average molecular weight is 351 g/mol. The van der Waals surface area contributed by atoms with Crippen LogP contribution in [0.2, 0.25) is 0 Å². The van der Waals surface area contributed by atoms with Crippen LogP contribution >= 0.6 is 0 Å². The molecule has 0 aliphatic heterocycles. The second-order valence-corrected chi connectivity index (χ2v) is 6.55. The van der Waals surface area contributed by atoms with E-state index in [4.69, 9.17) is 10.0 Å². The molecule has 25 heavy (non-hydrogen) atoms. The van der Waals surface area contributed by atoms with Crippen LogP contribution in [0, 0.1) is 5.82 Å². The van der Waals surface area contributed by atoms with Gasteiger partial charge < -0.3 is 15.4 Å². The number of carbonyl (C=O) groups is 1. The van der Waals surface area contributed by atoms with E-state index in [2.05, 4.69) is 12.2 Å². The predicted octanol–water partition coefficient (Wildman–Crippen LogP) is 3.16. The molecule has 0 saturated carbocycles. The molecule has 0 heterocycles. The van der Waals surface area contributed by atoms with Crippen LogP contribution in [0.5, 0.6) is 0 Å². The first-order valence-corrected chi connectivity index (χ1v) is 9.50. The van der Waals surface area contributed by atoms with Gasteiger partial charge in [-0.05, 0) is 24.0 Å². The van der Waals surface area contributed by atoms with E-state index < -0.39 is 18.8 Å². The molecule has 1 aromatic rings. The standard InChI is InChI=1S/C19H31BFNO3/c1-2-3-4-5-6-7-8-9-10-11-14-22-19(23)17-13-12-16(20(24)25)15-18(17)21/h12-13,15,24-25H,2-11,14H2,1H3,(H,22,23). The Bertz CT molecular complexity index is 511. The SMILES string of the molecule is CCCCCCCCCCCCNC(=O)c1ccc(B(O)O)cc1F. The van der Waals surface area contributed by atoms with Gasteiger partial charge in [-0.25, -0.2) is 4.39 Å². The fraction of sp³-hybridized carbons (Fsp3) is 0.632. The molecule has 1 rings (SSSR count). The van der Waals surface area contributed by atoms with E-state index in [9.17, 15) is 9.18 Å². The summed E-state index contributed by atoms with van der Waals surface area (Å²) in [4.78, 5) is 11.9. The normalized spacial score (nSPS) is 10.7. The van der Waals surface area contributed by atoms with Crippen molar-refractivity contribution in [3.05, 3.63) is 29.6 Å². The van der Waals surface area contributed by atoms with Gasteiger partial charge in [-0.15, -0.1) is 0 Å². The molecule has 3 N–H and O–H groups in total. The number of carbonyl (C=O) groups excluding carboxylic acids is 1. The minimum Gasteiger partial charge on any atom is -0.423 e. The van der Waals surface area contributed by atoms with Gasteiger partial charge in [0.25, 0.3) is 5.91 Å². The third kappa shape index (κ3) is 9.03. The van der Waals surface area contributed by atoms with Crippen molar-refractivity contribution < 1.29 is 19.2 Å². The summed E-state index contributed by atoms with van der Waals surface area (Å²) in [5.74, 6) is -1.21. The van der Waals surface area contributed by atoms with Crippen LogP contribution in [0.1, 0.15) is 81.5 Å². The molecule has 6 heteroatoms. The molecule has 0 fully saturated rings. The van der Waals surface area contributed by atoms with Crippen LogP contribution in [0.3, 0.4) is 0 Å². The van der Waals surface area contributed by atoms with Gasteiger partial charge in [-0.1, -0.05) is 70.8 Å². The lowest BCUT2D eigenvalue weighted by Crippen LogP contribution is -2.31. The Balaban J connectivity index is 2.11. The number of unbranched alkanes of at least 4 members (excludes halogenated alkanes) is 9. The van der Waals surface area contributed by atoms with Gasteiger partial charge in [0.15, 0.2) is 0 Å². The molecule has 0 unspecified atom stereocenters. The van der Waals surface area contributed by atoms with Crippen molar-refractivity contribution in [2.24, 2.45) is 0 Å². The van der Waals surface area contributed by atoms with Crippen LogP contribution in [0.15, 0.2) is 18.2 Å². The second kappa shape index (κ2) is 12.9. The monoisotopic (exact) mass is 351 g/mol. The van der Waals surface area contributed by atoms with Crippen LogP contribution in [0.25, 0.3) is 0 Å². The highest BCUT2D eigenvalue weighted by Gasteiger charge is 2.16. The summed E-state index contributed by atoms with van der Waals surface area (Å²) in [6, 6.07) is 3.58. The van der Waals surface area contributed by atoms with Crippen LogP contribution in [0.4, 0.5) is 4.39 Å². The van der Waals surface area contributed by atoms with E-state index in [0.717, 1.165) is 18.9 Å². The summed E-state index contributed by atoms with van der Waals surface area (Å²) in [5.41, 5.74) is -0.0415. The smallest absolute Gasteiger partial charge is 0.423 e. The third-order valence-corrected chi connectivity index (χ3v) is 4.35. The van der Waals surface area contributed by atoms with Crippen molar-refractivity contribution in [2.45, 2.75) is 71.1 Å². The fourth-order valence-electron chi connectivity index (χ4n) is 2.79. The first-order valence-electron chi connectivity index (χ1n) is 9.50. The summed E-state index contributed by atoms with van der Waals surface area (Å²) < 4.78 is 13.8. The van der Waals surface area contributed by atoms with Crippen molar-refractivity contribution in [2.75, 3.05) is 6.54 Å². The summed E-state index contributed by atoms with van der Waals surface area (Å²) in [6.45, 7) is 2.75. The molecule has 0 aromatic heterocycles. The molecule has 0 spiro atoms. The topological polar surface area (TPSA) is 69.6 Å². The maximum absolute atomic E-state index is 13.8. The molecule has 0 radical (unpaired) electrons. The van der Waals surface area contributed by atoms with E-state index in [-0.39, 0.29) is 11.0 Å². The van der Waals surface area contributed by atoms with Gasteiger partial charge in [0.05, 0.1) is 5.56 Å². The van der Waals surface area contributed by atoms with E-state index in [1.54, 1.807) is 0 Å². The first-order chi connectivity index (χ1) is 12.1. The van der Waals surface area contributed by atoms with Gasteiger partial charge in [-0.2, -0.15) is 0 Å². The average Bonchev–Trinajstić information content (AvgIpc) is 2.59. The summed E-state index contributed by atoms with van der Waals surface area (Å²) in [6.07, 6.45) is 12.2. The Hall–Kier alpha value is -1.40. The predicted molar refractivity (Wildman–Crippen MR) is 100 cm³/mol. The Morgan fingerprint density at radius 1 is 1.00 bits per heavy atom. The highest BCUT2D eigenvalue weighted by atomic mass is 19.1. The highest BCUT2D eigenvalue weighted by Crippen LogP contribution is 2.10. The molecule has 0 aliphatic rings. The maximum atomic E-state index is 13.8. The lowest BCUT2D eigenvalue weighted by Gasteiger charge is -2.08. The molecule has 0 aliphatic carbocycles. The van der Waals surface area contributed by atoms with E-state index >= 15 is 0 Å². The summed E-state index contributed by atoms with van der Waals surface area (Å²) in [7, 11) is -1.74. The van der Waals surface area contributed by atoms with Crippen molar-refractivity contribution in [1.82, 2.24) is 5.32 Å². The molecular weight excluding hydrogens is 320 g/mol. The van der Waals surface area contributed by atoms with Crippen molar-refractivity contribution in [3.8, 4) is 0 Å². The van der Waals surface area contributed by atoms with Gasteiger partial charge in [0.1, 0.15) is 5.82 Å². The molecule has 0 bridgehead atoms. The van der Waals surface area contributed by atoms with Crippen molar-refractivity contribution >= 4 is 18.5 Å². The van der Waals surface area contributed by atoms with E-state index in [0.29, 0.717) is 6.54 Å². The number of nitrogens with one attached hydrogen (secondary N) is 1. The van der Waals surface area contributed by atoms with Gasteiger partial charge >= 0.3 is 7.12 Å². The number of benzene rings is 1. The second-order valence-electron chi connectivity index (χ2n) is 6.55. The van der Waals surface area contributed by atoms with Crippen molar-refractivity contribution in [3.63, 3.8) is 0 Å². The molecule has 1 amide bonds. The van der Waals surface area contributed by atoms with Gasteiger partial charge in [0.2, 0.25) is 0 Å². The van der Waals surface area contributed by atoms with E-state index in [1.807, 2.05) is 0 Å². The lowest BCUT2D eigenvalue weighted by atomic mass is 9.80. The quantitative estimate of drug-likeness (QED) is 0.378. The lowest BCUT2D eigenvalue weighted by molar-refractivity contribution is 0.0949. The Labute approximate surface area is 151 Å². The summed E-state index contributed by atoms with van der Waals surface area (Å²) in [5, 5.41) is 20.7. The minimum atomic E-state index is -1.74. The molecular formula is C19H31BFNO3. The first kappa shape index (κ1) is 21.6. The van der Waals surface area contributed by atoms with Gasteiger partial charge in [0, 0.05) is 6.54 Å². The molecule has 1 aromatic carbocycles.